The average Bonchev–Trinajstić information content (AvgIpc) is 2.77. The zero-order valence-electron chi connectivity index (χ0n) is 12.1. The number of amides is 3. The first-order chi connectivity index (χ1) is 9.47. The fourth-order valence-corrected chi connectivity index (χ4v) is 3.73. The van der Waals surface area contributed by atoms with Gasteiger partial charge in [0.05, 0.1) is 5.56 Å². The third-order valence-corrected chi connectivity index (χ3v) is 4.81. The van der Waals surface area contributed by atoms with Crippen molar-refractivity contribution >= 4 is 40.0 Å². The fraction of sp³-hybridized carbons (Fsp3) is 0.538. The summed E-state index contributed by atoms with van der Waals surface area (Å²) in [5, 5.41) is 5.10. The fourth-order valence-electron chi connectivity index (χ4n) is 1.52. The zero-order chi connectivity index (χ0) is 15.1. The van der Waals surface area contributed by atoms with Gasteiger partial charge >= 0.3 is 6.03 Å². The van der Waals surface area contributed by atoms with Crippen LogP contribution in [0.15, 0.2) is 10.3 Å². The Labute approximate surface area is 127 Å². The standard InChI is InChI=1S/C13H21N3O2S2/c1-4-5-6-7-19-9-8-20-12(10(9)11(14)17)15-13(18)16(2)3/h8H,4-7H2,1-3H3,(H2,14,17)(H,15,18). The molecule has 0 unspecified atom stereocenters. The van der Waals surface area contributed by atoms with Gasteiger partial charge in [-0.2, -0.15) is 0 Å². The van der Waals surface area contributed by atoms with Crippen molar-refractivity contribution in [1.82, 2.24) is 4.90 Å². The first-order valence-electron chi connectivity index (χ1n) is 6.49. The zero-order valence-corrected chi connectivity index (χ0v) is 13.7. The molecule has 112 valence electrons. The number of primary amides is 1. The van der Waals surface area contributed by atoms with Gasteiger partial charge in [0.25, 0.3) is 5.91 Å². The summed E-state index contributed by atoms with van der Waals surface area (Å²) < 4.78 is 0. The van der Waals surface area contributed by atoms with Gasteiger partial charge in [0.1, 0.15) is 5.00 Å². The number of nitrogens with zero attached hydrogens (tertiary/aromatic N) is 1. The molecule has 0 aliphatic carbocycles. The van der Waals surface area contributed by atoms with Crippen LogP contribution in [0.3, 0.4) is 0 Å². The Hall–Kier alpha value is -1.21. The quantitative estimate of drug-likeness (QED) is 0.599. The number of thiophene rings is 1. The molecule has 1 aromatic heterocycles. The third kappa shape index (κ3) is 4.72. The Balaban J connectivity index is 2.79. The smallest absolute Gasteiger partial charge is 0.321 e. The highest BCUT2D eigenvalue weighted by Crippen LogP contribution is 2.35. The van der Waals surface area contributed by atoms with E-state index >= 15 is 0 Å². The normalized spacial score (nSPS) is 10.3. The highest BCUT2D eigenvalue weighted by molar-refractivity contribution is 7.99. The molecular formula is C13H21N3O2S2. The van der Waals surface area contributed by atoms with Gasteiger partial charge in [0.2, 0.25) is 0 Å². The number of anilines is 1. The van der Waals surface area contributed by atoms with E-state index < -0.39 is 5.91 Å². The maximum atomic E-state index is 11.7. The molecule has 1 rings (SSSR count). The molecule has 0 aliphatic heterocycles. The van der Waals surface area contributed by atoms with Crippen LogP contribution in [-0.2, 0) is 0 Å². The van der Waals surface area contributed by atoms with Crippen molar-refractivity contribution in [3.05, 3.63) is 10.9 Å². The summed E-state index contributed by atoms with van der Waals surface area (Å²) in [6.45, 7) is 2.15. The lowest BCUT2D eigenvalue weighted by molar-refractivity contribution is 0.0999. The molecule has 0 saturated carbocycles. The first-order valence-corrected chi connectivity index (χ1v) is 8.36. The Morgan fingerprint density at radius 1 is 1.40 bits per heavy atom. The highest BCUT2D eigenvalue weighted by Gasteiger charge is 2.19. The van der Waals surface area contributed by atoms with Gasteiger partial charge in [-0.3, -0.25) is 10.1 Å². The van der Waals surface area contributed by atoms with Gasteiger partial charge in [0, 0.05) is 24.4 Å². The number of hydrogen-bond donors (Lipinski definition) is 2. The molecule has 7 heteroatoms. The Bertz CT molecular complexity index is 472. The molecule has 1 aromatic rings. The van der Waals surface area contributed by atoms with Gasteiger partial charge in [-0.25, -0.2) is 4.79 Å². The van der Waals surface area contributed by atoms with Crippen LogP contribution in [-0.4, -0.2) is 36.7 Å². The van der Waals surface area contributed by atoms with E-state index in [9.17, 15) is 9.59 Å². The molecule has 3 amide bonds. The molecule has 3 N–H and O–H groups in total. The van der Waals surface area contributed by atoms with Crippen molar-refractivity contribution in [2.75, 3.05) is 25.2 Å². The van der Waals surface area contributed by atoms with Crippen LogP contribution in [0, 0.1) is 0 Å². The van der Waals surface area contributed by atoms with Crippen molar-refractivity contribution in [2.45, 2.75) is 31.1 Å². The van der Waals surface area contributed by atoms with Gasteiger partial charge in [-0.1, -0.05) is 19.8 Å². The molecule has 0 atom stereocenters. The topological polar surface area (TPSA) is 75.4 Å². The minimum atomic E-state index is -0.502. The lowest BCUT2D eigenvalue weighted by Crippen LogP contribution is -2.28. The Morgan fingerprint density at radius 3 is 2.65 bits per heavy atom. The summed E-state index contributed by atoms with van der Waals surface area (Å²) in [4.78, 5) is 25.5. The maximum Gasteiger partial charge on any atom is 0.321 e. The van der Waals surface area contributed by atoms with Gasteiger partial charge in [0.15, 0.2) is 0 Å². The van der Waals surface area contributed by atoms with E-state index in [0.29, 0.717) is 10.6 Å². The predicted molar refractivity (Wildman–Crippen MR) is 85.8 cm³/mol. The van der Waals surface area contributed by atoms with Crippen LogP contribution < -0.4 is 11.1 Å². The lowest BCUT2D eigenvalue weighted by atomic mass is 10.3. The van der Waals surface area contributed by atoms with Crippen LogP contribution in [0.5, 0.6) is 0 Å². The van der Waals surface area contributed by atoms with Crippen molar-refractivity contribution in [2.24, 2.45) is 5.73 Å². The van der Waals surface area contributed by atoms with Crippen LogP contribution in [0.1, 0.15) is 36.5 Å². The number of unbranched alkanes of at least 4 members (excludes halogenated alkanes) is 2. The number of nitrogens with one attached hydrogen (secondary N) is 1. The predicted octanol–water partition coefficient (Wildman–Crippen LogP) is 3.22. The van der Waals surface area contributed by atoms with Crippen molar-refractivity contribution in [3.8, 4) is 0 Å². The largest absolute Gasteiger partial charge is 0.365 e. The minimum Gasteiger partial charge on any atom is -0.365 e. The van der Waals surface area contributed by atoms with E-state index in [1.54, 1.807) is 25.9 Å². The van der Waals surface area contributed by atoms with Crippen molar-refractivity contribution in [1.29, 1.82) is 0 Å². The van der Waals surface area contributed by atoms with E-state index in [4.69, 9.17) is 5.73 Å². The second-order valence-electron chi connectivity index (χ2n) is 4.55. The highest BCUT2D eigenvalue weighted by atomic mass is 32.2. The van der Waals surface area contributed by atoms with Crippen LogP contribution in [0.2, 0.25) is 0 Å². The number of carbonyl (C=O) groups excluding carboxylic acids is 2. The first kappa shape index (κ1) is 16.8. The van der Waals surface area contributed by atoms with Crippen LogP contribution in [0.4, 0.5) is 9.80 Å². The van der Waals surface area contributed by atoms with E-state index in [-0.39, 0.29) is 6.03 Å². The number of rotatable bonds is 7. The summed E-state index contributed by atoms with van der Waals surface area (Å²) >= 11 is 2.95. The van der Waals surface area contributed by atoms with Crippen molar-refractivity contribution < 1.29 is 9.59 Å². The van der Waals surface area contributed by atoms with E-state index in [0.717, 1.165) is 23.5 Å². The summed E-state index contributed by atoms with van der Waals surface area (Å²) in [6.07, 6.45) is 3.44. The Kier molecular flexibility index (Phi) is 6.87. The number of thioether (sulfide) groups is 1. The summed E-state index contributed by atoms with van der Waals surface area (Å²) in [5.41, 5.74) is 5.85. The number of carbonyl (C=O) groups is 2. The molecule has 0 radical (unpaired) electrons. The maximum absolute atomic E-state index is 11.7. The van der Waals surface area contributed by atoms with Gasteiger partial charge in [-0.15, -0.1) is 23.1 Å². The molecule has 0 saturated heterocycles. The Morgan fingerprint density at radius 2 is 2.10 bits per heavy atom. The molecule has 0 spiro atoms. The number of nitrogens with two attached hydrogens (primary N) is 1. The summed E-state index contributed by atoms with van der Waals surface area (Å²) in [7, 11) is 3.29. The van der Waals surface area contributed by atoms with Crippen LogP contribution >= 0.6 is 23.1 Å². The third-order valence-electron chi connectivity index (χ3n) is 2.64. The SMILES string of the molecule is CCCCCSc1csc(NC(=O)N(C)C)c1C(N)=O. The molecule has 0 aliphatic rings. The average molecular weight is 315 g/mol. The molecule has 0 aromatic carbocycles. The van der Waals surface area contributed by atoms with E-state index in [1.807, 2.05) is 5.38 Å². The minimum absolute atomic E-state index is 0.267. The molecule has 5 nitrogen and oxygen atoms in total. The summed E-state index contributed by atoms with van der Waals surface area (Å²) in [5.74, 6) is 0.449. The van der Waals surface area contributed by atoms with Gasteiger partial charge < -0.3 is 10.6 Å². The molecule has 0 fully saturated rings. The van der Waals surface area contributed by atoms with E-state index in [2.05, 4.69) is 12.2 Å². The summed E-state index contributed by atoms with van der Waals surface area (Å²) in [6, 6.07) is -0.267. The second kappa shape index (κ2) is 8.16. The molecule has 1 heterocycles. The van der Waals surface area contributed by atoms with Crippen LogP contribution in [0.25, 0.3) is 0 Å². The van der Waals surface area contributed by atoms with E-state index in [1.165, 1.54) is 22.7 Å². The lowest BCUT2D eigenvalue weighted by Gasteiger charge is -2.11. The molecule has 0 bridgehead atoms. The van der Waals surface area contributed by atoms with Crippen molar-refractivity contribution in [3.63, 3.8) is 0 Å². The number of urea groups is 1. The number of hydrogen-bond acceptors (Lipinski definition) is 4. The van der Waals surface area contributed by atoms with Gasteiger partial charge in [-0.05, 0) is 12.2 Å². The molecular weight excluding hydrogens is 294 g/mol. The monoisotopic (exact) mass is 315 g/mol. The molecule has 20 heavy (non-hydrogen) atoms. The second-order valence-corrected chi connectivity index (χ2v) is 6.56.